The highest BCUT2D eigenvalue weighted by atomic mass is 16.5. The van der Waals surface area contributed by atoms with E-state index in [0.717, 1.165) is 11.3 Å². The predicted molar refractivity (Wildman–Crippen MR) is 93.1 cm³/mol. The molecule has 0 saturated carbocycles. The van der Waals surface area contributed by atoms with Gasteiger partial charge in [-0.3, -0.25) is 14.7 Å². The number of nitrogens with zero attached hydrogens (tertiary/aromatic N) is 2. The number of likely N-dealkylation sites (tertiary alicyclic amines) is 1. The van der Waals surface area contributed by atoms with Crippen LogP contribution in [0.25, 0.3) is 11.3 Å². The van der Waals surface area contributed by atoms with Crippen LogP contribution in [0.4, 0.5) is 0 Å². The van der Waals surface area contributed by atoms with E-state index >= 15 is 0 Å². The molecule has 138 valence electrons. The summed E-state index contributed by atoms with van der Waals surface area (Å²) in [4.78, 5) is 25.5. The summed E-state index contributed by atoms with van der Waals surface area (Å²) >= 11 is 0. The number of carboxylic acid groups (broad SMARTS) is 1. The fourth-order valence-electron chi connectivity index (χ4n) is 3.18. The molecule has 1 fully saturated rings. The Morgan fingerprint density at radius 2 is 2.04 bits per heavy atom. The van der Waals surface area contributed by atoms with Crippen LogP contribution in [-0.4, -0.2) is 65.0 Å². The number of rotatable bonds is 6. The zero-order valence-corrected chi connectivity index (χ0v) is 14.6. The lowest BCUT2D eigenvalue weighted by atomic mass is 10.1. The molecule has 2 heterocycles. The Bertz CT molecular complexity index is 786. The number of hydrogen-bond acceptors (Lipinski definition) is 5. The second kappa shape index (κ2) is 7.57. The summed E-state index contributed by atoms with van der Waals surface area (Å²) in [6.45, 7) is 0.365. The van der Waals surface area contributed by atoms with Gasteiger partial charge in [-0.05, 0) is 36.8 Å². The summed E-state index contributed by atoms with van der Waals surface area (Å²) in [6, 6.07) is 8.62. The number of aliphatic carboxylic acids is 1. The van der Waals surface area contributed by atoms with Crippen molar-refractivity contribution in [2.45, 2.75) is 25.0 Å². The second-order valence-electron chi connectivity index (χ2n) is 6.20. The highest BCUT2D eigenvalue weighted by Crippen LogP contribution is 2.26. The number of carbonyl (C=O) groups is 2. The molecule has 3 rings (SSSR count). The van der Waals surface area contributed by atoms with Gasteiger partial charge in [0.1, 0.15) is 11.4 Å². The zero-order chi connectivity index (χ0) is 18.7. The molecule has 2 N–H and O–H groups in total. The molecule has 2 unspecified atom stereocenters. The highest BCUT2D eigenvalue weighted by molar-refractivity contribution is 5.94. The molecule has 0 radical (unpaired) electrons. The Labute approximate surface area is 150 Å². The molecule has 1 aromatic heterocycles. The topological polar surface area (TPSA) is 105 Å². The van der Waals surface area contributed by atoms with E-state index in [4.69, 9.17) is 14.6 Å². The fraction of sp³-hybridized carbons (Fsp3) is 0.389. The fourth-order valence-corrected chi connectivity index (χ4v) is 3.18. The van der Waals surface area contributed by atoms with Crippen molar-refractivity contribution in [3.8, 4) is 17.0 Å². The van der Waals surface area contributed by atoms with Gasteiger partial charge in [0.25, 0.3) is 5.91 Å². The third-order valence-corrected chi connectivity index (χ3v) is 4.57. The largest absolute Gasteiger partial charge is 0.497 e. The second-order valence-corrected chi connectivity index (χ2v) is 6.20. The molecular formula is C18H21N3O5. The van der Waals surface area contributed by atoms with Crippen molar-refractivity contribution in [2.75, 3.05) is 20.8 Å². The average molecular weight is 359 g/mol. The van der Waals surface area contributed by atoms with Crippen molar-refractivity contribution in [1.82, 2.24) is 15.1 Å². The van der Waals surface area contributed by atoms with Crippen molar-refractivity contribution < 1.29 is 24.2 Å². The number of carbonyl (C=O) groups excluding carboxylic acids is 1. The first-order valence-corrected chi connectivity index (χ1v) is 8.27. The van der Waals surface area contributed by atoms with Gasteiger partial charge in [0, 0.05) is 25.3 Å². The molecule has 1 amide bonds. The Kier molecular flexibility index (Phi) is 5.22. The van der Waals surface area contributed by atoms with E-state index < -0.39 is 12.0 Å². The Morgan fingerprint density at radius 3 is 2.65 bits per heavy atom. The van der Waals surface area contributed by atoms with Gasteiger partial charge in [-0.25, -0.2) is 0 Å². The van der Waals surface area contributed by atoms with Crippen LogP contribution < -0.4 is 4.74 Å². The monoisotopic (exact) mass is 359 g/mol. The molecule has 0 aliphatic carbocycles. The molecule has 26 heavy (non-hydrogen) atoms. The van der Waals surface area contributed by atoms with Crippen LogP contribution in [0.3, 0.4) is 0 Å². The van der Waals surface area contributed by atoms with E-state index in [-0.39, 0.29) is 18.4 Å². The SMILES string of the molecule is COc1ccc(-c2cc(C(=O)N3CC(OC)CC3CC(=O)O)[nH]n2)cc1. The van der Waals surface area contributed by atoms with Gasteiger partial charge >= 0.3 is 5.97 Å². The van der Waals surface area contributed by atoms with Gasteiger partial charge in [0.05, 0.1) is 25.3 Å². The number of hydrogen-bond donors (Lipinski definition) is 2. The molecule has 0 bridgehead atoms. The van der Waals surface area contributed by atoms with Crippen LogP contribution >= 0.6 is 0 Å². The van der Waals surface area contributed by atoms with E-state index in [9.17, 15) is 9.59 Å². The number of ether oxygens (including phenoxy) is 2. The van der Waals surface area contributed by atoms with Crippen LogP contribution in [0.15, 0.2) is 30.3 Å². The highest BCUT2D eigenvalue weighted by Gasteiger charge is 2.37. The lowest BCUT2D eigenvalue weighted by molar-refractivity contribution is -0.138. The summed E-state index contributed by atoms with van der Waals surface area (Å²) in [6.07, 6.45) is 0.242. The van der Waals surface area contributed by atoms with E-state index in [1.165, 1.54) is 0 Å². The predicted octanol–water partition coefficient (Wildman–Crippen LogP) is 1.79. The van der Waals surface area contributed by atoms with E-state index in [2.05, 4.69) is 10.2 Å². The van der Waals surface area contributed by atoms with Crippen LogP contribution in [-0.2, 0) is 9.53 Å². The lowest BCUT2D eigenvalue weighted by Gasteiger charge is -2.22. The summed E-state index contributed by atoms with van der Waals surface area (Å²) < 4.78 is 10.4. The number of aromatic amines is 1. The summed E-state index contributed by atoms with van der Waals surface area (Å²) in [5.41, 5.74) is 1.80. The summed E-state index contributed by atoms with van der Waals surface area (Å²) in [7, 11) is 3.16. The summed E-state index contributed by atoms with van der Waals surface area (Å²) in [5, 5.41) is 16.0. The number of benzene rings is 1. The zero-order valence-electron chi connectivity index (χ0n) is 14.6. The number of nitrogens with one attached hydrogen (secondary N) is 1. The Morgan fingerprint density at radius 1 is 1.31 bits per heavy atom. The van der Waals surface area contributed by atoms with Crippen molar-refractivity contribution in [3.05, 3.63) is 36.0 Å². The van der Waals surface area contributed by atoms with Gasteiger partial charge in [-0.15, -0.1) is 0 Å². The van der Waals surface area contributed by atoms with Gasteiger partial charge in [-0.1, -0.05) is 0 Å². The molecule has 0 spiro atoms. The summed E-state index contributed by atoms with van der Waals surface area (Å²) in [5.74, 6) is -0.476. The molecule has 8 nitrogen and oxygen atoms in total. The van der Waals surface area contributed by atoms with Gasteiger partial charge < -0.3 is 19.5 Å². The third kappa shape index (κ3) is 3.70. The molecule has 1 saturated heterocycles. The number of amides is 1. The van der Waals surface area contributed by atoms with Crippen LogP contribution in [0.1, 0.15) is 23.3 Å². The third-order valence-electron chi connectivity index (χ3n) is 4.57. The molecule has 2 aromatic rings. The maximum absolute atomic E-state index is 12.8. The quantitative estimate of drug-likeness (QED) is 0.815. The van der Waals surface area contributed by atoms with E-state index in [0.29, 0.717) is 24.4 Å². The van der Waals surface area contributed by atoms with Crippen molar-refractivity contribution >= 4 is 11.9 Å². The van der Waals surface area contributed by atoms with Gasteiger partial charge in [0.15, 0.2) is 0 Å². The first-order valence-electron chi connectivity index (χ1n) is 8.27. The average Bonchev–Trinajstić information content (AvgIpc) is 3.28. The van der Waals surface area contributed by atoms with Crippen molar-refractivity contribution in [2.24, 2.45) is 0 Å². The van der Waals surface area contributed by atoms with Gasteiger partial charge in [0.2, 0.25) is 0 Å². The van der Waals surface area contributed by atoms with Crippen LogP contribution in [0.2, 0.25) is 0 Å². The number of methoxy groups -OCH3 is 2. The normalized spacial score (nSPS) is 19.5. The Balaban J connectivity index is 1.78. The van der Waals surface area contributed by atoms with Crippen LogP contribution in [0.5, 0.6) is 5.75 Å². The molecular weight excluding hydrogens is 338 g/mol. The van der Waals surface area contributed by atoms with E-state index in [1.807, 2.05) is 24.3 Å². The van der Waals surface area contributed by atoms with Gasteiger partial charge in [-0.2, -0.15) is 5.10 Å². The standard InChI is InChI=1S/C18H21N3O5/c1-25-13-5-3-11(4-6-13)15-9-16(20-19-15)18(24)21-10-14(26-2)7-12(21)8-17(22)23/h3-6,9,12,14H,7-8,10H2,1-2H3,(H,19,20)(H,22,23). The number of H-pyrrole nitrogens is 1. The molecule has 8 heteroatoms. The number of aromatic nitrogens is 2. The first-order chi connectivity index (χ1) is 12.5. The molecule has 2 atom stereocenters. The smallest absolute Gasteiger partial charge is 0.305 e. The number of carboxylic acids is 1. The Hall–Kier alpha value is -2.87. The minimum atomic E-state index is -0.937. The molecule has 1 aromatic carbocycles. The van der Waals surface area contributed by atoms with Crippen molar-refractivity contribution in [3.63, 3.8) is 0 Å². The minimum absolute atomic E-state index is 0.106. The maximum Gasteiger partial charge on any atom is 0.305 e. The minimum Gasteiger partial charge on any atom is -0.497 e. The van der Waals surface area contributed by atoms with E-state index in [1.54, 1.807) is 25.2 Å². The lowest BCUT2D eigenvalue weighted by Crippen LogP contribution is -2.37. The maximum atomic E-state index is 12.8. The first kappa shape index (κ1) is 17.9. The van der Waals surface area contributed by atoms with Crippen LogP contribution in [0, 0.1) is 0 Å². The van der Waals surface area contributed by atoms with Crippen molar-refractivity contribution in [1.29, 1.82) is 0 Å². The molecule has 1 aliphatic heterocycles. The molecule has 1 aliphatic rings.